The van der Waals surface area contributed by atoms with Crippen LogP contribution in [0.25, 0.3) is 11.1 Å². The van der Waals surface area contributed by atoms with Gasteiger partial charge in [0.05, 0.1) is 0 Å². The minimum atomic E-state index is 0.201. The normalized spacial score (nSPS) is 11.0. The average molecular weight is 379 g/mol. The summed E-state index contributed by atoms with van der Waals surface area (Å²) in [5, 5.41) is 0. The van der Waals surface area contributed by atoms with E-state index in [9.17, 15) is 0 Å². The van der Waals surface area contributed by atoms with Crippen molar-refractivity contribution < 1.29 is 9.15 Å². The van der Waals surface area contributed by atoms with Gasteiger partial charge in [-0.15, -0.1) is 0 Å². The van der Waals surface area contributed by atoms with Gasteiger partial charge in [0.2, 0.25) is 0 Å². The van der Waals surface area contributed by atoms with Crippen LogP contribution in [0.5, 0.6) is 11.8 Å². The van der Waals surface area contributed by atoms with Crippen molar-refractivity contribution in [3.8, 4) is 11.8 Å². The first kappa shape index (κ1) is 15.2. The van der Waals surface area contributed by atoms with Gasteiger partial charge in [0.15, 0.2) is 11.3 Å². The molecule has 0 fully saturated rings. The molecule has 3 rings (SSSR count). The number of hydrogen-bond donors (Lipinski definition) is 0. The molecule has 2 aromatic heterocycles. The molecule has 22 heavy (non-hydrogen) atoms. The van der Waals surface area contributed by atoms with Crippen LogP contribution in [0.2, 0.25) is 0 Å². The topological polar surface area (TPSA) is 40.2 Å². The smallest absolute Gasteiger partial charge is 0.400 e. The van der Waals surface area contributed by atoms with Gasteiger partial charge in [-0.25, -0.2) is 0 Å². The fraction of sp³-hybridized carbons (Fsp3) is 0.250. The number of nitrogens with zero attached hydrogens (tertiary/aromatic N) is 2. The number of pyridine rings is 1. The Kier molecular flexibility index (Phi) is 4.59. The van der Waals surface area contributed by atoms with Gasteiger partial charge < -0.3 is 13.7 Å². The van der Waals surface area contributed by atoms with Crippen LogP contribution >= 0.6 is 28.1 Å². The highest BCUT2D eigenvalue weighted by atomic mass is 79.9. The fourth-order valence-corrected chi connectivity index (χ4v) is 2.83. The largest absolute Gasteiger partial charge is 0.409 e. The average Bonchev–Trinajstić information content (AvgIpc) is 2.91. The van der Waals surface area contributed by atoms with E-state index in [0.29, 0.717) is 16.0 Å². The summed E-state index contributed by atoms with van der Waals surface area (Å²) in [7, 11) is 0. The number of benzene rings is 1. The molecule has 0 unspecified atom stereocenters. The van der Waals surface area contributed by atoms with Crippen LogP contribution in [0.15, 0.2) is 45.4 Å². The number of ether oxygens (including phenoxy) is 1. The van der Waals surface area contributed by atoms with Crippen molar-refractivity contribution in [3.05, 3.63) is 45.6 Å². The maximum absolute atomic E-state index is 5.76. The molecule has 114 valence electrons. The summed E-state index contributed by atoms with van der Waals surface area (Å²) in [6, 6.07) is 9.37. The summed E-state index contributed by atoms with van der Waals surface area (Å²) in [6.07, 6.45) is 4.34. The lowest BCUT2D eigenvalue weighted by molar-refractivity contribution is 0.338. The van der Waals surface area contributed by atoms with Crippen LogP contribution in [-0.2, 0) is 6.54 Å². The number of aromatic nitrogens is 2. The van der Waals surface area contributed by atoms with Crippen LogP contribution in [0.3, 0.4) is 0 Å². The molecular weight excluding hydrogens is 364 g/mol. The fourth-order valence-electron chi connectivity index (χ4n) is 2.13. The molecule has 6 heteroatoms. The maximum Gasteiger partial charge on any atom is 0.400 e. The number of unbranched alkanes of at least 4 members (excludes halogenated alkanes) is 1. The van der Waals surface area contributed by atoms with Gasteiger partial charge in [-0.1, -0.05) is 37.7 Å². The highest BCUT2D eigenvalue weighted by Crippen LogP contribution is 2.28. The molecule has 1 aromatic carbocycles. The Labute approximate surface area is 141 Å². The van der Waals surface area contributed by atoms with E-state index in [1.54, 1.807) is 0 Å². The molecule has 2 heterocycles. The summed E-state index contributed by atoms with van der Waals surface area (Å²) in [5.74, 6) is 0.562. The monoisotopic (exact) mass is 378 g/mol. The van der Waals surface area contributed by atoms with E-state index in [1.165, 1.54) is 0 Å². The van der Waals surface area contributed by atoms with Crippen LogP contribution in [-0.4, -0.2) is 9.55 Å². The van der Waals surface area contributed by atoms with E-state index in [-0.39, 0.29) is 6.08 Å². The van der Waals surface area contributed by atoms with Gasteiger partial charge in [-0.2, -0.15) is 4.98 Å². The molecule has 0 atom stereocenters. The number of oxazole rings is 1. The lowest BCUT2D eigenvalue weighted by Crippen LogP contribution is -2.02. The Morgan fingerprint density at radius 3 is 2.95 bits per heavy atom. The maximum atomic E-state index is 5.76. The number of para-hydroxylation sites is 2. The number of rotatable bonds is 5. The summed E-state index contributed by atoms with van der Waals surface area (Å²) >= 11 is 8.98. The molecule has 0 N–H and O–H groups in total. The summed E-state index contributed by atoms with van der Waals surface area (Å²) in [5.41, 5.74) is 1.45. The molecule has 0 amide bonds. The number of fused-ring (bicyclic) bond motifs is 1. The van der Waals surface area contributed by atoms with E-state index in [0.717, 1.165) is 29.4 Å². The van der Waals surface area contributed by atoms with E-state index >= 15 is 0 Å². The Bertz CT molecular complexity index is 824. The minimum Gasteiger partial charge on any atom is -0.409 e. The number of aryl methyl sites for hydroxylation is 1. The molecule has 4 nitrogen and oxygen atoms in total. The van der Waals surface area contributed by atoms with Gasteiger partial charge in [0.1, 0.15) is 10.2 Å². The lowest BCUT2D eigenvalue weighted by atomic mass is 10.3. The third kappa shape index (κ3) is 3.23. The molecule has 3 aromatic rings. The predicted molar refractivity (Wildman–Crippen MR) is 92.0 cm³/mol. The van der Waals surface area contributed by atoms with Crippen LogP contribution < -0.4 is 4.74 Å². The summed E-state index contributed by atoms with van der Waals surface area (Å²) < 4.78 is 14.9. The van der Waals surface area contributed by atoms with Crippen LogP contribution in [0.4, 0.5) is 0 Å². The highest BCUT2D eigenvalue weighted by Gasteiger charge is 2.10. The van der Waals surface area contributed by atoms with Gasteiger partial charge in [-0.3, -0.25) is 0 Å². The zero-order chi connectivity index (χ0) is 15.5. The van der Waals surface area contributed by atoms with Crippen molar-refractivity contribution in [1.29, 1.82) is 0 Å². The van der Waals surface area contributed by atoms with Crippen molar-refractivity contribution in [2.45, 2.75) is 26.3 Å². The first-order valence-electron chi connectivity index (χ1n) is 7.11. The SMILES string of the molecule is CCCCn1cc(Br)cc(Oc2nc3ccccc3o2)c1=S. The summed E-state index contributed by atoms with van der Waals surface area (Å²) in [4.78, 5) is 4.31. The lowest BCUT2D eigenvalue weighted by Gasteiger charge is -2.10. The molecule has 0 saturated carbocycles. The molecule has 0 bridgehead atoms. The molecule has 0 aliphatic heterocycles. The second-order valence-electron chi connectivity index (χ2n) is 4.92. The zero-order valence-electron chi connectivity index (χ0n) is 12.1. The van der Waals surface area contributed by atoms with E-state index in [1.807, 2.05) is 41.1 Å². The Hall–Kier alpha value is -1.66. The van der Waals surface area contributed by atoms with Crippen molar-refractivity contribution >= 4 is 39.2 Å². The van der Waals surface area contributed by atoms with Gasteiger partial charge in [0.25, 0.3) is 0 Å². The van der Waals surface area contributed by atoms with Crippen LogP contribution in [0, 0.1) is 4.64 Å². The van der Waals surface area contributed by atoms with Crippen molar-refractivity contribution in [2.24, 2.45) is 0 Å². The van der Waals surface area contributed by atoms with E-state index in [2.05, 4.69) is 27.8 Å². The Balaban J connectivity index is 1.94. The van der Waals surface area contributed by atoms with Crippen LogP contribution in [0.1, 0.15) is 19.8 Å². The van der Waals surface area contributed by atoms with E-state index in [4.69, 9.17) is 21.4 Å². The Morgan fingerprint density at radius 1 is 1.36 bits per heavy atom. The third-order valence-electron chi connectivity index (χ3n) is 3.24. The minimum absolute atomic E-state index is 0.201. The zero-order valence-corrected chi connectivity index (χ0v) is 14.5. The molecular formula is C16H15BrN2O2S. The molecule has 0 spiro atoms. The Morgan fingerprint density at radius 2 is 2.18 bits per heavy atom. The van der Waals surface area contributed by atoms with Crippen molar-refractivity contribution in [3.63, 3.8) is 0 Å². The molecule has 0 aliphatic carbocycles. The standard InChI is InChI=1S/C16H15BrN2O2S/c1-2-3-8-19-10-11(17)9-14(15(19)22)21-16-18-12-6-4-5-7-13(12)20-16/h4-7,9-10H,2-3,8H2,1H3. The van der Waals surface area contributed by atoms with Gasteiger partial charge in [0, 0.05) is 17.2 Å². The second kappa shape index (κ2) is 6.62. The second-order valence-corrected chi connectivity index (χ2v) is 6.23. The first-order chi connectivity index (χ1) is 10.7. The van der Waals surface area contributed by atoms with Gasteiger partial charge >= 0.3 is 6.08 Å². The third-order valence-corrected chi connectivity index (χ3v) is 4.11. The quantitative estimate of drug-likeness (QED) is 0.532. The van der Waals surface area contributed by atoms with E-state index < -0.39 is 0 Å². The summed E-state index contributed by atoms with van der Waals surface area (Å²) in [6.45, 7) is 3.01. The molecule has 0 radical (unpaired) electrons. The molecule has 0 saturated heterocycles. The van der Waals surface area contributed by atoms with Crippen molar-refractivity contribution in [1.82, 2.24) is 9.55 Å². The van der Waals surface area contributed by atoms with Crippen molar-refractivity contribution in [2.75, 3.05) is 0 Å². The molecule has 0 aliphatic rings. The number of halogens is 1. The number of hydrogen-bond acceptors (Lipinski definition) is 4. The first-order valence-corrected chi connectivity index (χ1v) is 8.31. The predicted octanol–water partition coefficient (Wildman–Crippen LogP) is 5.71. The highest BCUT2D eigenvalue weighted by molar-refractivity contribution is 9.10. The van der Waals surface area contributed by atoms with Gasteiger partial charge in [-0.05, 0) is 40.5 Å².